The van der Waals surface area contributed by atoms with Crippen LogP contribution in [0, 0.1) is 6.92 Å². The molecule has 0 aromatic heterocycles. The topological polar surface area (TPSA) is 81.8 Å². The van der Waals surface area contributed by atoms with Gasteiger partial charge in [0.15, 0.2) is 0 Å². The lowest BCUT2D eigenvalue weighted by Gasteiger charge is -2.22. The Morgan fingerprint density at radius 3 is 2.30 bits per heavy atom. The van der Waals surface area contributed by atoms with Gasteiger partial charge in [0.25, 0.3) is 5.91 Å². The fraction of sp³-hybridized carbons (Fsp3) is 0.348. The summed E-state index contributed by atoms with van der Waals surface area (Å²) >= 11 is 0. The van der Waals surface area contributed by atoms with Crippen molar-refractivity contribution >= 4 is 29.2 Å². The van der Waals surface area contributed by atoms with Gasteiger partial charge in [0.1, 0.15) is 12.1 Å². The Morgan fingerprint density at radius 1 is 1.03 bits per heavy atom. The molecule has 7 heteroatoms. The quantitative estimate of drug-likeness (QED) is 0.748. The second-order valence-electron chi connectivity index (χ2n) is 8.10. The lowest BCUT2D eigenvalue weighted by Crippen LogP contribution is -2.42. The molecule has 0 aliphatic carbocycles. The van der Waals surface area contributed by atoms with Gasteiger partial charge < -0.3 is 15.5 Å². The first-order valence-electron chi connectivity index (χ1n) is 10.2. The predicted molar refractivity (Wildman–Crippen MR) is 115 cm³/mol. The number of carbonyl (C=O) groups excluding carboxylic acids is 3. The summed E-state index contributed by atoms with van der Waals surface area (Å²) in [5.41, 5.74) is 2.34. The molecule has 2 saturated heterocycles. The van der Waals surface area contributed by atoms with Crippen LogP contribution >= 0.6 is 0 Å². The molecular formula is C23H26N4O3. The van der Waals surface area contributed by atoms with E-state index in [1.54, 1.807) is 6.92 Å². The monoisotopic (exact) mass is 406 g/mol. The van der Waals surface area contributed by atoms with Gasteiger partial charge in [0.2, 0.25) is 5.91 Å². The highest BCUT2D eigenvalue weighted by Crippen LogP contribution is 2.29. The van der Waals surface area contributed by atoms with Crippen LogP contribution in [0.2, 0.25) is 0 Å². The van der Waals surface area contributed by atoms with Crippen LogP contribution in [-0.4, -0.2) is 42.4 Å². The van der Waals surface area contributed by atoms with Crippen molar-refractivity contribution in [2.75, 3.05) is 29.9 Å². The zero-order valence-corrected chi connectivity index (χ0v) is 17.3. The van der Waals surface area contributed by atoms with Crippen LogP contribution in [0.25, 0.3) is 0 Å². The minimum Gasteiger partial charge on any atom is -0.372 e. The van der Waals surface area contributed by atoms with Crippen LogP contribution in [0.5, 0.6) is 0 Å². The number of anilines is 2. The van der Waals surface area contributed by atoms with E-state index < -0.39 is 23.4 Å². The van der Waals surface area contributed by atoms with E-state index in [2.05, 4.69) is 15.5 Å². The average molecular weight is 406 g/mol. The summed E-state index contributed by atoms with van der Waals surface area (Å²) in [7, 11) is 0. The van der Waals surface area contributed by atoms with Crippen molar-refractivity contribution in [2.24, 2.45) is 0 Å². The highest BCUT2D eigenvalue weighted by Gasteiger charge is 2.49. The number of nitrogens with one attached hydrogen (secondary N) is 2. The molecule has 156 valence electrons. The van der Waals surface area contributed by atoms with E-state index >= 15 is 0 Å². The molecule has 2 aromatic carbocycles. The van der Waals surface area contributed by atoms with Crippen molar-refractivity contribution < 1.29 is 14.4 Å². The van der Waals surface area contributed by atoms with Gasteiger partial charge in [0, 0.05) is 24.5 Å². The molecule has 0 bridgehead atoms. The molecule has 0 saturated carbocycles. The minimum absolute atomic E-state index is 0.333. The van der Waals surface area contributed by atoms with Crippen LogP contribution in [0.15, 0.2) is 48.5 Å². The Labute approximate surface area is 176 Å². The third kappa shape index (κ3) is 3.75. The summed E-state index contributed by atoms with van der Waals surface area (Å²) < 4.78 is 0. The second kappa shape index (κ2) is 7.82. The fourth-order valence-corrected chi connectivity index (χ4v) is 4.00. The number of aryl methyl sites for hydroxylation is 1. The Balaban J connectivity index is 1.41. The maximum Gasteiger partial charge on any atom is 0.325 e. The van der Waals surface area contributed by atoms with Crippen molar-refractivity contribution in [1.82, 2.24) is 10.2 Å². The molecule has 0 unspecified atom stereocenters. The number of urea groups is 1. The summed E-state index contributed by atoms with van der Waals surface area (Å²) in [5.74, 6) is -0.850. The number of benzene rings is 2. The highest BCUT2D eigenvalue weighted by atomic mass is 16.2. The maximum atomic E-state index is 13.0. The lowest BCUT2D eigenvalue weighted by molar-refractivity contribution is -0.133. The zero-order chi connectivity index (χ0) is 21.3. The molecule has 4 rings (SSSR count). The van der Waals surface area contributed by atoms with Crippen LogP contribution in [-0.2, 0) is 15.1 Å². The van der Waals surface area contributed by atoms with Gasteiger partial charge in [-0.1, -0.05) is 29.8 Å². The Hall–Kier alpha value is -3.35. The van der Waals surface area contributed by atoms with Gasteiger partial charge in [0.05, 0.1) is 0 Å². The SMILES string of the molecule is Cc1ccc([C@]2(C)NC(=O)N(CC(=O)Nc3ccc(N4CCCC4)cc3)C2=O)cc1. The van der Waals surface area contributed by atoms with Crippen molar-refractivity contribution in [3.63, 3.8) is 0 Å². The smallest absolute Gasteiger partial charge is 0.325 e. The third-order valence-corrected chi connectivity index (χ3v) is 5.83. The first-order valence-corrected chi connectivity index (χ1v) is 10.2. The molecule has 30 heavy (non-hydrogen) atoms. The second-order valence-corrected chi connectivity index (χ2v) is 8.10. The van der Waals surface area contributed by atoms with Crippen molar-refractivity contribution in [2.45, 2.75) is 32.2 Å². The summed E-state index contributed by atoms with van der Waals surface area (Å²) in [5, 5.41) is 5.50. The molecule has 7 nitrogen and oxygen atoms in total. The molecule has 2 aliphatic rings. The summed E-state index contributed by atoms with van der Waals surface area (Å²) in [6.07, 6.45) is 2.40. The first-order chi connectivity index (χ1) is 14.4. The van der Waals surface area contributed by atoms with Crippen LogP contribution in [0.1, 0.15) is 30.9 Å². The van der Waals surface area contributed by atoms with Gasteiger partial charge in [-0.2, -0.15) is 0 Å². The molecule has 2 heterocycles. The van der Waals surface area contributed by atoms with Gasteiger partial charge in [-0.15, -0.1) is 0 Å². The van der Waals surface area contributed by atoms with Gasteiger partial charge in [-0.25, -0.2) is 4.79 Å². The van der Waals surface area contributed by atoms with Crippen molar-refractivity contribution in [1.29, 1.82) is 0 Å². The van der Waals surface area contributed by atoms with E-state index in [9.17, 15) is 14.4 Å². The fourth-order valence-electron chi connectivity index (χ4n) is 4.00. The number of nitrogens with zero attached hydrogens (tertiary/aromatic N) is 2. The molecule has 2 aliphatic heterocycles. The molecule has 2 fully saturated rings. The van der Waals surface area contributed by atoms with E-state index in [0.29, 0.717) is 11.3 Å². The number of carbonyl (C=O) groups is 3. The van der Waals surface area contributed by atoms with E-state index in [1.165, 1.54) is 12.8 Å². The first kappa shape index (κ1) is 19.9. The van der Waals surface area contributed by atoms with Gasteiger partial charge in [-0.05, 0) is 56.5 Å². The van der Waals surface area contributed by atoms with Gasteiger partial charge >= 0.3 is 6.03 Å². The predicted octanol–water partition coefficient (Wildman–Crippen LogP) is 3.00. The molecule has 4 amide bonds. The number of rotatable bonds is 5. The molecule has 0 radical (unpaired) electrons. The molecule has 1 atom stereocenters. The van der Waals surface area contributed by atoms with E-state index in [1.807, 2.05) is 55.5 Å². The lowest BCUT2D eigenvalue weighted by atomic mass is 9.91. The summed E-state index contributed by atoms with van der Waals surface area (Å²) in [6.45, 7) is 5.39. The Bertz CT molecular complexity index is 965. The van der Waals surface area contributed by atoms with Crippen molar-refractivity contribution in [3.05, 3.63) is 59.7 Å². The average Bonchev–Trinajstić information content (AvgIpc) is 3.33. The number of imide groups is 1. The van der Waals surface area contributed by atoms with E-state index in [4.69, 9.17) is 0 Å². The number of hydrogen-bond acceptors (Lipinski definition) is 4. The Morgan fingerprint density at radius 2 is 1.67 bits per heavy atom. The van der Waals surface area contributed by atoms with Crippen LogP contribution in [0.4, 0.5) is 16.2 Å². The third-order valence-electron chi connectivity index (χ3n) is 5.83. The zero-order valence-electron chi connectivity index (χ0n) is 17.3. The normalized spacial score (nSPS) is 21.1. The summed E-state index contributed by atoms with van der Waals surface area (Å²) in [4.78, 5) is 41.2. The minimum atomic E-state index is -1.18. The Kier molecular flexibility index (Phi) is 5.20. The van der Waals surface area contributed by atoms with Crippen molar-refractivity contribution in [3.8, 4) is 0 Å². The largest absolute Gasteiger partial charge is 0.372 e. The summed E-state index contributed by atoms with van der Waals surface area (Å²) in [6, 6.07) is 14.5. The number of amides is 4. The van der Waals surface area contributed by atoms with E-state index in [0.717, 1.165) is 29.2 Å². The van der Waals surface area contributed by atoms with Crippen LogP contribution < -0.4 is 15.5 Å². The number of hydrogen-bond donors (Lipinski definition) is 2. The molecular weight excluding hydrogens is 380 g/mol. The molecule has 0 spiro atoms. The maximum absolute atomic E-state index is 13.0. The highest BCUT2D eigenvalue weighted by molar-refractivity contribution is 6.10. The molecule has 2 N–H and O–H groups in total. The van der Waals surface area contributed by atoms with Gasteiger partial charge in [-0.3, -0.25) is 14.5 Å². The van der Waals surface area contributed by atoms with E-state index in [-0.39, 0.29) is 6.54 Å². The molecule has 2 aromatic rings. The standard InChI is InChI=1S/C23H26N4O3/c1-16-5-7-17(8-6-16)23(2)21(29)27(22(30)25-23)15-20(28)24-18-9-11-19(12-10-18)26-13-3-4-14-26/h5-12H,3-4,13-15H2,1-2H3,(H,24,28)(H,25,30)/t23-/m0/s1. The van der Waals surface area contributed by atoms with Crippen LogP contribution in [0.3, 0.4) is 0 Å².